The highest BCUT2D eigenvalue weighted by Gasteiger charge is 2.18. The van der Waals surface area contributed by atoms with Crippen molar-refractivity contribution in [1.82, 2.24) is 0 Å². The largest absolute Gasteiger partial charge is 0.461 e. The fourth-order valence-corrected chi connectivity index (χ4v) is 2.59. The fourth-order valence-electron chi connectivity index (χ4n) is 2.59. The lowest BCUT2D eigenvalue weighted by Crippen LogP contribution is -2.02. The molecule has 0 radical (unpaired) electrons. The minimum absolute atomic E-state index is 0.672. The van der Waals surface area contributed by atoms with Crippen molar-refractivity contribution in [3.63, 3.8) is 0 Å². The quantitative estimate of drug-likeness (QED) is 0.661. The monoisotopic (exact) mass is 200 g/mol. The first-order valence-electron chi connectivity index (χ1n) is 5.92. The normalized spacial score (nSPS) is 18.4. The van der Waals surface area contributed by atoms with Crippen LogP contribution in [-0.4, -0.2) is 0 Å². The minimum Gasteiger partial charge on any atom is -0.461 e. The van der Waals surface area contributed by atoms with Crippen molar-refractivity contribution in [2.75, 3.05) is 0 Å². The Morgan fingerprint density at radius 3 is 2.60 bits per heavy atom. The maximum atomic E-state index is 5.91. The molecule has 1 fully saturated rings. The van der Waals surface area contributed by atoms with Crippen LogP contribution in [0.25, 0.3) is 11.0 Å². The second-order valence-electron chi connectivity index (χ2n) is 4.52. The van der Waals surface area contributed by atoms with E-state index in [1.54, 1.807) is 0 Å². The predicted octanol–water partition coefficient (Wildman–Crippen LogP) is 4.48. The molecule has 0 spiro atoms. The molecule has 0 saturated heterocycles. The predicted molar refractivity (Wildman–Crippen MR) is 62.0 cm³/mol. The molecule has 0 aliphatic heterocycles. The number of hydrogen-bond donors (Lipinski definition) is 0. The topological polar surface area (TPSA) is 13.1 Å². The molecule has 0 unspecified atom stereocenters. The number of para-hydroxylation sites is 1. The SMILES string of the molecule is c1ccc2oc(C3CCCCC3)cc2c1. The highest BCUT2D eigenvalue weighted by molar-refractivity contribution is 5.77. The van der Waals surface area contributed by atoms with Gasteiger partial charge in [-0.2, -0.15) is 0 Å². The van der Waals surface area contributed by atoms with Gasteiger partial charge in [-0.15, -0.1) is 0 Å². The summed E-state index contributed by atoms with van der Waals surface area (Å²) in [5.74, 6) is 1.88. The van der Waals surface area contributed by atoms with Crippen LogP contribution in [0.5, 0.6) is 0 Å². The van der Waals surface area contributed by atoms with Crippen LogP contribution in [0.3, 0.4) is 0 Å². The average Bonchev–Trinajstić information content (AvgIpc) is 2.74. The maximum absolute atomic E-state index is 5.91. The summed E-state index contributed by atoms with van der Waals surface area (Å²) in [4.78, 5) is 0. The van der Waals surface area contributed by atoms with E-state index >= 15 is 0 Å². The lowest BCUT2D eigenvalue weighted by atomic mass is 9.87. The van der Waals surface area contributed by atoms with Gasteiger partial charge in [0.25, 0.3) is 0 Å². The smallest absolute Gasteiger partial charge is 0.134 e. The number of benzene rings is 1. The zero-order valence-electron chi connectivity index (χ0n) is 8.91. The summed E-state index contributed by atoms with van der Waals surface area (Å²) in [5, 5.41) is 1.25. The fraction of sp³-hybridized carbons (Fsp3) is 0.429. The molecule has 0 amide bonds. The summed E-state index contributed by atoms with van der Waals surface area (Å²) >= 11 is 0. The van der Waals surface area contributed by atoms with Crippen molar-refractivity contribution in [1.29, 1.82) is 0 Å². The van der Waals surface area contributed by atoms with Gasteiger partial charge in [0.05, 0.1) is 0 Å². The van der Waals surface area contributed by atoms with Gasteiger partial charge in [-0.25, -0.2) is 0 Å². The number of rotatable bonds is 1. The van der Waals surface area contributed by atoms with Crippen LogP contribution < -0.4 is 0 Å². The molecule has 0 atom stereocenters. The van der Waals surface area contributed by atoms with Gasteiger partial charge in [0.15, 0.2) is 0 Å². The molecule has 0 N–H and O–H groups in total. The molecule has 1 nitrogen and oxygen atoms in total. The van der Waals surface area contributed by atoms with Crippen LogP contribution in [0.4, 0.5) is 0 Å². The molecule has 1 saturated carbocycles. The Labute approximate surface area is 90.1 Å². The van der Waals surface area contributed by atoms with E-state index in [1.165, 1.54) is 43.3 Å². The van der Waals surface area contributed by atoms with Crippen LogP contribution in [-0.2, 0) is 0 Å². The number of hydrogen-bond acceptors (Lipinski definition) is 1. The summed E-state index contributed by atoms with van der Waals surface area (Å²) in [5.41, 5.74) is 1.04. The second kappa shape index (κ2) is 3.73. The zero-order valence-corrected chi connectivity index (χ0v) is 8.91. The van der Waals surface area contributed by atoms with E-state index in [0.717, 1.165) is 5.58 Å². The first kappa shape index (κ1) is 9.02. The Balaban J connectivity index is 1.96. The standard InChI is InChI=1S/C14H16O/c1-2-6-11(7-3-1)14-10-12-8-4-5-9-13(12)15-14/h4-5,8-11H,1-3,6-7H2. The van der Waals surface area contributed by atoms with Crippen molar-refractivity contribution in [2.45, 2.75) is 38.0 Å². The molecule has 78 valence electrons. The molecular weight excluding hydrogens is 184 g/mol. The zero-order chi connectivity index (χ0) is 10.1. The lowest BCUT2D eigenvalue weighted by molar-refractivity contribution is 0.385. The summed E-state index contributed by atoms with van der Waals surface area (Å²) in [6.45, 7) is 0. The van der Waals surface area contributed by atoms with E-state index in [0.29, 0.717) is 5.92 Å². The Kier molecular flexibility index (Phi) is 2.24. The van der Waals surface area contributed by atoms with Gasteiger partial charge < -0.3 is 4.42 Å². The third-order valence-corrected chi connectivity index (χ3v) is 3.45. The molecule has 0 bridgehead atoms. The molecule has 1 heteroatoms. The third kappa shape index (κ3) is 1.67. The van der Waals surface area contributed by atoms with Gasteiger partial charge >= 0.3 is 0 Å². The van der Waals surface area contributed by atoms with Gasteiger partial charge in [-0.05, 0) is 25.0 Å². The lowest BCUT2D eigenvalue weighted by Gasteiger charge is -2.18. The van der Waals surface area contributed by atoms with Crippen molar-refractivity contribution in [3.8, 4) is 0 Å². The molecule has 1 heterocycles. The Bertz CT molecular complexity index is 416. The van der Waals surface area contributed by atoms with Crippen LogP contribution in [0.1, 0.15) is 43.8 Å². The molecule has 1 aliphatic rings. The average molecular weight is 200 g/mol. The van der Waals surface area contributed by atoms with Crippen LogP contribution in [0.2, 0.25) is 0 Å². The Morgan fingerprint density at radius 2 is 1.80 bits per heavy atom. The Morgan fingerprint density at radius 1 is 1.00 bits per heavy atom. The van der Waals surface area contributed by atoms with Gasteiger partial charge in [-0.3, -0.25) is 0 Å². The Hall–Kier alpha value is -1.24. The third-order valence-electron chi connectivity index (χ3n) is 3.45. The second-order valence-corrected chi connectivity index (χ2v) is 4.52. The van der Waals surface area contributed by atoms with Crippen molar-refractivity contribution in [2.24, 2.45) is 0 Å². The van der Waals surface area contributed by atoms with Gasteiger partial charge in [0.2, 0.25) is 0 Å². The molecule has 1 aromatic carbocycles. The molecule has 2 aromatic rings. The number of furan rings is 1. The van der Waals surface area contributed by atoms with Crippen LogP contribution >= 0.6 is 0 Å². The van der Waals surface area contributed by atoms with Crippen LogP contribution in [0.15, 0.2) is 34.7 Å². The van der Waals surface area contributed by atoms with Gasteiger partial charge in [0.1, 0.15) is 11.3 Å². The molecule has 15 heavy (non-hydrogen) atoms. The highest BCUT2D eigenvalue weighted by Crippen LogP contribution is 2.35. The van der Waals surface area contributed by atoms with Crippen molar-refractivity contribution in [3.05, 3.63) is 36.1 Å². The summed E-state index contributed by atoms with van der Waals surface area (Å²) in [7, 11) is 0. The first-order chi connectivity index (χ1) is 7.43. The van der Waals surface area contributed by atoms with E-state index in [9.17, 15) is 0 Å². The van der Waals surface area contributed by atoms with E-state index < -0.39 is 0 Å². The van der Waals surface area contributed by atoms with E-state index in [2.05, 4.69) is 24.3 Å². The first-order valence-corrected chi connectivity index (χ1v) is 5.92. The van der Waals surface area contributed by atoms with Gasteiger partial charge in [0, 0.05) is 11.3 Å². The summed E-state index contributed by atoms with van der Waals surface area (Å²) < 4.78 is 5.91. The maximum Gasteiger partial charge on any atom is 0.134 e. The molecular formula is C14H16O. The molecule has 1 aromatic heterocycles. The highest BCUT2D eigenvalue weighted by atomic mass is 16.3. The van der Waals surface area contributed by atoms with E-state index in [1.807, 2.05) is 6.07 Å². The van der Waals surface area contributed by atoms with Gasteiger partial charge in [-0.1, -0.05) is 37.5 Å². The molecule has 3 rings (SSSR count). The van der Waals surface area contributed by atoms with Crippen LogP contribution in [0, 0.1) is 0 Å². The van der Waals surface area contributed by atoms with E-state index in [4.69, 9.17) is 4.42 Å². The van der Waals surface area contributed by atoms with Crippen molar-refractivity contribution >= 4 is 11.0 Å². The minimum atomic E-state index is 0.672. The van der Waals surface area contributed by atoms with E-state index in [-0.39, 0.29) is 0 Å². The van der Waals surface area contributed by atoms with Crippen molar-refractivity contribution < 1.29 is 4.42 Å². The molecule has 1 aliphatic carbocycles. The summed E-state index contributed by atoms with van der Waals surface area (Å²) in [6.07, 6.45) is 6.74. The number of fused-ring (bicyclic) bond motifs is 1. The summed E-state index contributed by atoms with van der Waals surface area (Å²) in [6, 6.07) is 10.5.